The van der Waals surface area contributed by atoms with Crippen LogP contribution in [0.2, 0.25) is 0 Å². The van der Waals surface area contributed by atoms with Gasteiger partial charge in [-0.15, -0.1) is 0 Å². The molecule has 0 bridgehead atoms. The van der Waals surface area contributed by atoms with Crippen LogP contribution in [-0.2, 0) is 9.59 Å². The van der Waals surface area contributed by atoms with Crippen molar-refractivity contribution in [1.29, 1.82) is 0 Å². The monoisotopic (exact) mass is 321 g/mol. The summed E-state index contributed by atoms with van der Waals surface area (Å²) in [7, 11) is 0. The van der Waals surface area contributed by atoms with Crippen LogP contribution in [0.1, 0.15) is 64.2 Å². The summed E-state index contributed by atoms with van der Waals surface area (Å²) in [4.78, 5) is 37.4. The van der Waals surface area contributed by atoms with Crippen molar-refractivity contribution in [1.82, 2.24) is 15.5 Å². The lowest BCUT2D eigenvalue weighted by molar-refractivity contribution is -0.135. The van der Waals surface area contributed by atoms with Crippen molar-refractivity contribution < 1.29 is 14.4 Å². The Kier molecular flexibility index (Phi) is 4.87. The van der Waals surface area contributed by atoms with E-state index in [1.807, 2.05) is 4.90 Å². The largest absolute Gasteiger partial charge is 0.342 e. The molecule has 23 heavy (non-hydrogen) atoms. The van der Waals surface area contributed by atoms with Crippen molar-refractivity contribution in [2.24, 2.45) is 5.92 Å². The molecule has 1 saturated carbocycles. The first-order valence-corrected chi connectivity index (χ1v) is 9.00. The van der Waals surface area contributed by atoms with Gasteiger partial charge in [-0.2, -0.15) is 0 Å². The molecule has 0 aromatic rings. The highest BCUT2D eigenvalue weighted by atomic mass is 16.2. The molecule has 0 atom stereocenters. The molecular formula is C17H27N3O3. The molecule has 128 valence electrons. The highest BCUT2D eigenvalue weighted by molar-refractivity contribution is 6.07. The Balaban J connectivity index is 1.40. The molecule has 0 unspecified atom stereocenters. The van der Waals surface area contributed by atoms with E-state index in [-0.39, 0.29) is 11.8 Å². The molecule has 0 aromatic carbocycles. The van der Waals surface area contributed by atoms with Gasteiger partial charge in [-0.1, -0.05) is 32.1 Å². The maximum atomic E-state index is 12.3. The van der Waals surface area contributed by atoms with Crippen LogP contribution < -0.4 is 10.6 Å². The Labute approximate surface area is 137 Å². The average molecular weight is 321 g/mol. The van der Waals surface area contributed by atoms with Crippen molar-refractivity contribution in [3.05, 3.63) is 0 Å². The lowest BCUT2D eigenvalue weighted by atomic mass is 9.85. The highest BCUT2D eigenvalue weighted by Crippen LogP contribution is 2.29. The molecule has 2 aliphatic heterocycles. The quantitative estimate of drug-likeness (QED) is 0.777. The molecule has 4 amide bonds. The number of urea groups is 1. The van der Waals surface area contributed by atoms with Crippen LogP contribution in [0.3, 0.4) is 0 Å². The topological polar surface area (TPSA) is 78.5 Å². The second-order valence-corrected chi connectivity index (χ2v) is 7.27. The number of piperidine rings is 1. The van der Waals surface area contributed by atoms with E-state index in [1.54, 1.807) is 0 Å². The Hall–Kier alpha value is -1.59. The van der Waals surface area contributed by atoms with Gasteiger partial charge in [-0.05, 0) is 31.6 Å². The van der Waals surface area contributed by atoms with Crippen LogP contribution in [0.5, 0.6) is 0 Å². The van der Waals surface area contributed by atoms with Gasteiger partial charge < -0.3 is 10.2 Å². The molecule has 0 aromatic heterocycles. The third-order valence-electron chi connectivity index (χ3n) is 5.71. The van der Waals surface area contributed by atoms with Gasteiger partial charge in [-0.3, -0.25) is 14.9 Å². The summed E-state index contributed by atoms with van der Waals surface area (Å²) in [5.41, 5.74) is -0.782. The van der Waals surface area contributed by atoms with Crippen LogP contribution in [-0.4, -0.2) is 41.4 Å². The normalized spacial score (nSPS) is 24.6. The molecule has 0 radical (unpaired) electrons. The fourth-order valence-electron chi connectivity index (χ4n) is 4.19. The smallest absolute Gasteiger partial charge is 0.322 e. The van der Waals surface area contributed by atoms with Crippen molar-refractivity contribution in [3.8, 4) is 0 Å². The summed E-state index contributed by atoms with van der Waals surface area (Å²) in [5, 5.41) is 5.03. The van der Waals surface area contributed by atoms with Crippen LogP contribution in [0, 0.1) is 5.92 Å². The van der Waals surface area contributed by atoms with Crippen molar-refractivity contribution in [2.75, 3.05) is 13.1 Å². The maximum Gasteiger partial charge on any atom is 0.322 e. The number of carbonyl (C=O) groups is 3. The van der Waals surface area contributed by atoms with E-state index in [4.69, 9.17) is 0 Å². The third kappa shape index (κ3) is 3.67. The Morgan fingerprint density at radius 3 is 2.43 bits per heavy atom. The molecule has 2 heterocycles. The molecule has 6 nitrogen and oxygen atoms in total. The molecule has 6 heteroatoms. The average Bonchev–Trinajstić information content (AvgIpc) is 2.82. The minimum atomic E-state index is -0.782. The lowest BCUT2D eigenvalue weighted by Gasteiger charge is -2.37. The Morgan fingerprint density at radius 2 is 1.83 bits per heavy atom. The van der Waals surface area contributed by atoms with Crippen molar-refractivity contribution >= 4 is 17.8 Å². The zero-order valence-corrected chi connectivity index (χ0v) is 13.7. The minimum Gasteiger partial charge on any atom is -0.342 e. The van der Waals surface area contributed by atoms with Crippen LogP contribution in [0.4, 0.5) is 4.79 Å². The molecule has 3 aliphatic rings. The summed E-state index contributed by atoms with van der Waals surface area (Å²) < 4.78 is 0. The molecule has 3 fully saturated rings. The molecular weight excluding hydrogens is 294 g/mol. The molecule has 2 saturated heterocycles. The van der Waals surface area contributed by atoms with Crippen molar-refractivity contribution in [2.45, 2.75) is 69.7 Å². The number of carbonyl (C=O) groups excluding carboxylic acids is 3. The third-order valence-corrected chi connectivity index (χ3v) is 5.71. The van der Waals surface area contributed by atoms with Gasteiger partial charge >= 0.3 is 6.03 Å². The summed E-state index contributed by atoms with van der Waals surface area (Å²) in [6.45, 7) is 1.10. The predicted molar refractivity (Wildman–Crippen MR) is 85.6 cm³/mol. The van der Waals surface area contributed by atoms with E-state index < -0.39 is 11.6 Å². The number of hydrogen-bond donors (Lipinski definition) is 2. The molecule has 1 aliphatic carbocycles. The van der Waals surface area contributed by atoms with E-state index in [0.29, 0.717) is 32.4 Å². The molecule has 1 spiro atoms. The van der Waals surface area contributed by atoms with E-state index in [0.717, 1.165) is 12.3 Å². The Morgan fingerprint density at radius 1 is 1.13 bits per heavy atom. The zero-order valence-electron chi connectivity index (χ0n) is 13.7. The molecule has 2 N–H and O–H groups in total. The number of hydrogen-bond acceptors (Lipinski definition) is 3. The van der Waals surface area contributed by atoms with Gasteiger partial charge in [-0.25, -0.2) is 4.79 Å². The second kappa shape index (κ2) is 6.89. The van der Waals surface area contributed by atoms with Crippen molar-refractivity contribution in [3.63, 3.8) is 0 Å². The lowest BCUT2D eigenvalue weighted by Crippen LogP contribution is -2.55. The number of nitrogens with one attached hydrogen (secondary N) is 2. The number of nitrogens with zero attached hydrogens (tertiary/aromatic N) is 1. The number of imide groups is 1. The van der Waals surface area contributed by atoms with Gasteiger partial charge in [0.2, 0.25) is 5.91 Å². The van der Waals surface area contributed by atoms with E-state index in [2.05, 4.69) is 10.6 Å². The SMILES string of the molecule is O=C1NC(=O)C2(CCN(C(=O)CCCC3CCCCC3)CC2)N1. The maximum absolute atomic E-state index is 12.3. The van der Waals surface area contributed by atoms with Crippen LogP contribution in [0.15, 0.2) is 0 Å². The number of amides is 4. The standard InChI is InChI=1S/C17H27N3O3/c21-14(8-4-7-13-5-2-1-3-6-13)20-11-9-17(10-12-20)15(22)18-16(23)19-17/h13H,1-12H2,(H2,18,19,22,23). The first kappa shape index (κ1) is 16.3. The summed E-state index contributed by atoms with van der Waals surface area (Å²) in [5.74, 6) is 0.769. The van der Waals surface area contributed by atoms with Crippen LogP contribution in [0.25, 0.3) is 0 Å². The van der Waals surface area contributed by atoms with Gasteiger partial charge in [0.15, 0.2) is 0 Å². The highest BCUT2D eigenvalue weighted by Gasteiger charge is 2.48. The Bertz CT molecular complexity index is 477. The number of likely N-dealkylation sites (tertiary alicyclic amines) is 1. The fourth-order valence-corrected chi connectivity index (χ4v) is 4.19. The fraction of sp³-hybridized carbons (Fsp3) is 0.824. The second-order valence-electron chi connectivity index (χ2n) is 7.27. The summed E-state index contributed by atoms with van der Waals surface area (Å²) in [6, 6.07) is -0.415. The van der Waals surface area contributed by atoms with Gasteiger partial charge in [0.1, 0.15) is 5.54 Å². The summed E-state index contributed by atoms with van der Waals surface area (Å²) in [6.07, 6.45) is 10.5. The van der Waals surface area contributed by atoms with Gasteiger partial charge in [0.05, 0.1) is 0 Å². The first-order valence-electron chi connectivity index (χ1n) is 9.00. The molecule has 3 rings (SSSR count). The van der Waals surface area contributed by atoms with Gasteiger partial charge in [0.25, 0.3) is 5.91 Å². The van der Waals surface area contributed by atoms with Gasteiger partial charge in [0, 0.05) is 19.5 Å². The van der Waals surface area contributed by atoms with E-state index in [1.165, 1.54) is 38.5 Å². The predicted octanol–water partition coefficient (Wildman–Crippen LogP) is 1.94. The summed E-state index contributed by atoms with van der Waals surface area (Å²) >= 11 is 0. The minimum absolute atomic E-state index is 0.195. The first-order chi connectivity index (χ1) is 11.1. The van der Waals surface area contributed by atoms with Crippen LogP contribution >= 0.6 is 0 Å². The van der Waals surface area contributed by atoms with E-state index >= 15 is 0 Å². The number of rotatable bonds is 4. The zero-order chi connectivity index (χ0) is 16.3. The van der Waals surface area contributed by atoms with E-state index in [9.17, 15) is 14.4 Å².